The van der Waals surface area contributed by atoms with Crippen LogP contribution in [-0.4, -0.2) is 48.2 Å². The highest BCUT2D eigenvalue weighted by molar-refractivity contribution is 5.83. The summed E-state index contributed by atoms with van der Waals surface area (Å²) in [5.74, 6) is 0.308. The summed E-state index contributed by atoms with van der Waals surface area (Å²) < 4.78 is 5.76. The molecule has 0 spiro atoms. The number of amides is 1. The van der Waals surface area contributed by atoms with Crippen molar-refractivity contribution in [1.82, 2.24) is 10.2 Å². The number of piperidine rings is 1. The van der Waals surface area contributed by atoms with Crippen molar-refractivity contribution in [2.24, 2.45) is 0 Å². The highest BCUT2D eigenvalue weighted by atomic mass is 16.5. The van der Waals surface area contributed by atoms with Gasteiger partial charge in [0.15, 0.2) is 0 Å². The number of likely N-dealkylation sites (tertiary alicyclic amines) is 1. The molecule has 0 aromatic heterocycles. The van der Waals surface area contributed by atoms with Gasteiger partial charge in [-0.25, -0.2) is 0 Å². The number of hydrogen-bond acceptors (Lipinski definition) is 3. The van der Waals surface area contributed by atoms with Crippen molar-refractivity contribution < 1.29 is 9.53 Å². The average molecular weight is 268 g/mol. The highest BCUT2D eigenvalue weighted by Crippen LogP contribution is 2.29. The largest absolute Gasteiger partial charge is 0.375 e. The fraction of sp³-hybridized carbons (Fsp3) is 0.933. The van der Waals surface area contributed by atoms with Crippen LogP contribution in [-0.2, 0) is 9.53 Å². The maximum atomic E-state index is 12.6. The van der Waals surface area contributed by atoms with Gasteiger partial charge in [-0.3, -0.25) is 4.79 Å². The molecule has 2 atom stereocenters. The van der Waals surface area contributed by atoms with Gasteiger partial charge in [-0.1, -0.05) is 6.92 Å². The molecule has 4 heteroatoms. The van der Waals surface area contributed by atoms with E-state index in [-0.39, 0.29) is 11.6 Å². The third-order valence-corrected chi connectivity index (χ3v) is 4.23. The molecule has 2 aliphatic rings. The van der Waals surface area contributed by atoms with Crippen molar-refractivity contribution in [2.75, 3.05) is 19.7 Å². The molecular weight excluding hydrogens is 240 g/mol. The first-order chi connectivity index (χ1) is 9.03. The van der Waals surface area contributed by atoms with E-state index in [1.54, 1.807) is 0 Å². The molecule has 2 fully saturated rings. The van der Waals surface area contributed by atoms with E-state index >= 15 is 0 Å². The number of ether oxygens (including phenoxy) is 1. The lowest BCUT2D eigenvalue weighted by atomic mass is 9.90. The zero-order valence-electron chi connectivity index (χ0n) is 12.6. The molecule has 1 amide bonds. The fourth-order valence-corrected chi connectivity index (χ4v) is 3.24. The van der Waals surface area contributed by atoms with Crippen molar-refractivity contribution in [1.29, 1.82) is 0 Å². The Labute approximate surface area is 116 Å². The predicted molar refractivity (Wildman–Crippen MR) is 76.1 cm³/mol. The second-order valence-corrected chi connectivity index (χ2v) is 6.44. The van der Waals surface area contributed by atoms with Crippen molar-refractivity contribution in [3.8, 4) is 0 Å². The molecule has 2 rings (SSSR count). The molecule has 0 radical (unpaired) electrons. The molecule has 19 heavy (non-hydrogen) atoms. The molecule has 0 aromatic rings. The van der Waals surface area contributed by atoms with E-state index in [1.807, 2.05) is 0 Å². The summed E-state index contributed by atoms with van der Waals surface area (Å²) in [5, 5.41) is 3.39. The first kappa shape index (κ1) is 14.8. The second-order valence-electron chi connectivity index (χ2n) is 6.44. The number of rotatable bonds is 4. The Bertz CT molecular complexity index is 317. The van der Waals surface area contributed by atoms with Gasteiger partial charge in [0.2, 0.25) is 5.91 Å². The first-order valence-corrected chi connectivity index (χ1v) is 7.71. The van der Waals surface area contributed by atoms with E-state index in [0.717, 1.165) is 51.8 Å². The molecule has 2 aliphatic heterocycles. The Morgan fingerprint density at radius 2 is 2.21 bits per heavy atom. The lowest BCUT2D eigenvalue weighted by Crippen LogP contribution is -2.57. The van der Waals surface area contributed by atoms with E-state index in [0.29, 0.717) is 11.9 Å². The summed E-state index contributed by atoms with van der Waals surface area (Å²) in [6.07, 6.45) is 5.12. The van der Waals surface area contributed by atoms with Crippen LogP contribution < -0.4 is 5.32 Å². The van der Waals surface area contributed by atoms with E-state index < -0.39 is 0 Å². The van der Waals surface area contributed by atoms with Crippen LogP contribution >= 0.6 is 0 Å². The van der Waals surface area contributed by atoms with Crippen LogP contribution in [0.5, 0.6) is 0 Å². The summed E-state index contributed by atoms with van der Waals surface area (Å²) in [5.41, 5.74) is -0.0903. The zero-order chi connectivity index (χ0) is 13.9. The number of nitrogens with zero attached hydrogens (tertiary/aromatic N) is 1. The van der Waals surface area contributed by atoms with Gasteiger partial charge >= 0.3 is 0 Å². The minimum atomic E-state index is -0.0903. The zero-order valence-corrected chi connectivity index (χ0v) is 12.6. The van der Waals surface area contributed by atoms with Crippen LogP contribution in [0.1, 0.15) is 52.9 Å². The summed E-state index contributed by atoms with van der Waals surface area (Å²) in [4.78, 5) is 14.7. The summed E-state index contributed by atoms with van der Waals surface area (Å²) in [6.45, 7) is 9.02. The van der Waals surface area contributed by atoms with Crippen molar-refractivity contribution >= 4 is 5.91 Å². The molecular formula is C15H28N2O2. The van der Waals surface area contributed by atoms with Gasteiger partial charge in [-0.15, -0.1) is 0 Å². The Morgan fingerprint density at radius 1 is 1.42 bits per heavy atom. The highest BCUT2D eigenvalue weighted by Gasteiger charge is 2.37. The SMILES string of the molecule is CCCNC1CCCN(C2CCOC(C)(C)C2)C1=O. The van der Waals surface area contributed by atoms with Crippen molar-refractivity contribution in [2.45, 2.75) is 70.6 Å². The fourth-order valence-electron chi connectivity index (χ4n) is 3.24. The van der Waals surface area contributed by atoms with E-state index in [1.165, 1.54) is 0 Å². The van der Waals surface area contributed by atoms with E-state index in [9.17, 15) is 4.79 Å². The Balaban J connectivity index is 1.97. The number of carbonyl (C=O) groups excluding carboxylic acids is 1. The molecule has 2 unspecified atom stereocenters. The molecule has 0 saturated carbocycles. The molecule has 1 N–H and O–H groups in total. The third kappa shape index (κ3) is 3.69. The van der Waals surface area contributed by atoms with Crippen LogP contribution in [0.2, 0.25) is 0 Å². The number of hydrogen-bond donors (Lipinski definition) is 1. The van der Waals surface area contributed by atoms with Gasteiger partial charge < -0.3 is 15.0 Å². The van der Waals surface area contributed by atoms with Gasteiger partial charge in [-0.2, -0.15) is 0 Å². The smallest absolute Gasteiger partial charge is 0.239 e. The van der Waals surface area contributed by atoms with Gasteiger partial charge in [0.25, 0.3) is 0 Å². The Kier molecular flexibility index (Phi) is 4.85. The summed E-state index contributed by atoms with van der Waals surface area (Å²) >= 11 is 0. The van der Waals surface area contributed by atoms with Crippen molar-refractivity contribution in [3.63, 3.8) is 0 Å². The average Bonchev–Trinajstić information content (AvgIpc) is 2.36. The Morgan fingerprint density at radius 3 is 2.89 bits per heavy atom. The van der Waals surface area contributed by atoms with Crippen LogP contribution in [0.15, 0.2) is 0 Å². The summed E-state index contributed by atoms with van der Waals surface area (Å²) in [7, 11) is 0. The second kappa shape index (κ2) is 6.23. The topological polar surface area (TPSA) is 41.6 Å². The molecule has 0 aromatic carbocycles. The van der Waals surface area contributed by atoms with Crippen LogP contribution in [0.4, 0.5) is 0 Å². The molecule has 110 valence electrons. The maximum absolute atomic E-state index is 12.6. The molecule has 4 nitrogen and oxygen atoms in total. The normalized spacial score (nSPS) is 31.5. The van der Waals surface area contributed by atoms with Crippen molar-refractivity contribution in [3.05, 3.63) is 0 Å². The molecule has 0 aliphatic carbocycles. The van der Waals surface area contributed by atoms with Gasteiger partial charge in [0, 0.05) is 19.2 Å². The van der Waals surface area contributed by atoms with E-state index in [4.69, 9.17) is 4.74 Å². The molecule has 0 bridgehead atoms. The standard InChI is InChI=1S/C15H28N2O2/c1-4-8-16-13-6-5-9-17(14(13)18)12-7-10-19-15(2,3)11-12/h12-13,16H,4-11H2,1-3H3. The quantitative estimate of drug-likeness (QED) is 0.847. The minimum Gasteiger partial charge on any atom is -0.375 e. The Hall–Kier alpha value is -0.610. The molecule has 2 heterocycles. The lowest BCUT2D eigenvalue weighted by Gasteiger charge is -2.44. The van der Waals surface area contributed by atoms with Gasteiger partial charge in [0.05, 0.1) is 11.6 Å². The number of carbonyl (C=O) groups is 1. The molecule has 2 saturated heterocycles. The third-order valence-electron chi connectivity index (χ3n) is 4.23. The minimum absolute atomic E-state index is 0.0413. The van der Waals surface area contributed by atoms with Crippen LogP contribution in [0.25, 0.3) is 0 Å². The number of nitrogens with one attached hydrogen (secondary N) is 1. The first-order valence-electron chi connectivity index (χ1n) is 7.71. The van der Waals surface area contributed by atoms with Gasteiger partial charge in [0.1, 0.15) is 0 Å². The lowest BCUT2D eigenvalue weighted by molar-refractivity contribution is -0.145. The maximum Gasteiger partial charge on any atom is 0.239 e. The predicted octanol–water partition coefficient (Wildman–Crippen LogP) is 1.93. The van der Waals surface area contributed by atoms with Crippen LogP contribution in [0.3, 0.4) is 0 Å². The van der Waals surface area contributed by atoms with E-state index in [2.05, 4.69) is 31.0 Å². The van der Waals surface area contributed by atoms with Gasteiger partial charge in [-0.05, 0) is 52.5 Å². The monoisotopic (exact) mass is 268 g/mol. The van der Waals surface area contributed by atoms with Crippen LogP contribution in [0, 0.1) is 0 Å². The summed E-state index contributed by atoms with van der Waals surface area (Å²) in [6, 6.07) is 0.405.